The average molecular weight is 351 g/mol. The monoisotopic (exact) mass is 350 g/mol. The second-order valence-electron chi connectivity index (χ2n) is 7.19. The zero-order valence-electron chi connectivity index (χ0n) is 14.3. The fourth-order valence-corrected chi connectivity index (χ4v) is 2.72. The molecule has 0 bridgehead atoms. The molecule has 2 N–H and O–H groups in total. The van der Waals surface area contributed by atoms with E-state index in [1.807, 2.05) is 12.1 Å². The molecular weight excluding hydrogens is 327 g/mol. The summed E-state index contributed by atoms with van der Waals surface area (Å²) in [6, 6.07) is 8.64. The van der Waals surface area contributed by atoms with Crippen LogP contribution in [0.5, 0.6) is 0 Å². The van der Waals surface area contributed by atoms with Gasteiger partial charge in [-0.15, -0.1) is 12.4 Å². The van der Waals surface area contributed by atoms with Gasteiger partial charge >= 0.3 is 0 Å². The molecule has 2 heterocycles. The van der Waals surface area contributed by atoms with Gasteiger partial charge in [-0.1, -0.05) is 32.9 Å². The number of nitrogens with zero attached hydrogens (tertiary/aromatic N) is 3. The minimum atomic E-state index is -0.261. The van der Waals surface area contributed by atoms with Gasteiger partial charge in [-0.05, 0) is 24.6 Å². The summed E-state index contributed by atoms with van der Waals surface area (Å²) in [4.78, 5) is 11.5. The lowest BCUT2D eigenvalue weighted by atomic mass is 9.91. The Kier molecular flexibility index (Phi) is 5.45. The Bertz CT molecular complexity index is 714. The predicted molar refractivity (Wildman–Crippen MR) is 98.2 cm³/mol. The Labute approximate surface area is 148 Å². The van der Waals surface area contributed by atoms with Crippen molar-refractivity contribution in [2.45, 2.75) is 38.6 Å². The highest BCUT2D eigenvalue weighted by atomic mass is 35.5. The summed E-state index contributed by atoms with van der Waals surface area (Å²) in [6.07, 6.45) is 0.943. The lowest BCUT2D eigenvalue weighted by molar-refractivity contribution is 0.566. The van der Waals surface area contributed by atoms with E-state index in [-0.39, 0.29) is 29.7 Å². The molecule has 1 unspecified atom stereocenters. The molecule has 4 nitrogen and oxygen atoms in total. The van der Waals surface area contributed by atoms with Crippen molar-refractivity contribution in [3.8, 4) is 11.3 Å². The van der Waals surface area contributed by atoms with E-state index < -0.39 is 0 Å². The largest absolute Gasteiger partial charge is 0.339 e. The van der Waals surface area contributed by atoms with Crippen molar-refractivity contribution in [3.05, 3.63) is 41.8 Å². The van der Waals surface area contributed by atoms with Crippen LogP contribution >= 0.6 is 12.4 Å². The van der Waals surface area contributed by atoms with E-state index in [2.05, 4.69) is 30.7 Å². The highest BCUT2D eigenvalue weighted by Gasteiger charge is 2.25. The molecule has 1 aliphatic rings. The van der Waals surface area contributed by atoms with E-state index >= 15 is 0 Å². The number of nitrogens with two attached hydrogens (primary N) is 1. The Balaban J connectivity index is 0.00000208. The maximum absolute atomic E-state index is 13.6. The molecule has 1 aromatic heterocycles. The highest BCUT2D eigenvalue weighted by Crippen LogP contribution is 2.28. The zero-order chi connectivity index (χ0) is 16.6. The normalized spacial score (nSPS) is 17.7. The van der Waals surface area contributed by atoms with Crippen molar-refractivity contribution < 1.29 is 4.39 Å². The van der Waals surface area contributed by atoms with Gasteiger partial charge < -0.3 is 10.6 Å². The Morgan fingerprint density at radius 1 is 1.21 bits per heavy atom. The van der Waals surface area contributed by atoms with Gasteiger partial charge in [0, 0.05) is 30.1 Å². The summed E-state index contributed by atoms with van der Waals surface area (Å²) in [7, 11) is 0. The van der Waals surface area contributed by atoms with Crippen molar-refractivity contribution >= 4 is 18.4 Å². The van der Waals surface area contributed by atoms with Crippen LogP contribution in [0.1, 0.15) is 32.9 Å². The van der Waals surface area contributed by atoms with E-state index in [0.29, 0.717) is 5.95 Å². The average Bonchev–Trinajstić information content (AvgIpc) is 2.92. The minimum Gasteiger partial charge on any atom is -0.339 e. The summed E-state index contributed by atoms with van der Waals surface area (Å²) in [5, 5.41) is 0. The second-order valence-corrected chi connectivity index (χ2v) is 7.19. The van der Waals surface area contributed by atoms with Crippen LogP contribution in [0.4, 0.5) is 10.3 Å². The van der Waals surface area contributed by atoms with Gasteiger partial charge in [0.05, 0.1) is 11.4 Å². The van der Waals surface area contributed by atoms with E-state index in [0.717, 1.165) is 36.5 Å². The van der Waals surface area contributed by atoms with Crippen molar-refractivity contribution in [3.63, 3.8) is 0 Å². The van der Waals surface area contributed by atoms with Crippen LogP contribution in [-0.2, 0) is 5.41 Å². The Hall–Kier alpha value is -1.72. The molecule has 1 fully saturated rings. The van der Waals surface area contributed by atoms with Crippen LogP contribution in [0.3, 0.4) is 0 Å². The zero-order valence-corrected chi connectivity index (χ0v) is 15.1. The number of anilines is 1. The molecule has 24 heavy (non-hydrogen) atoms. The van der Waals surface area contributed by atoms with Crippen molar-refractivity contribution in [1.82, 2.24) is 9.97 Å². The number of halogens is 2. The topological polar surface area (TPSA) is 55.0 Å². The van der Waals surface area contributed by atoms with Crippen molar-refractivity contribution in [1.29, 1.82) is 0 Å². The molecule has 2 aromatic rings. The smallest absolute Gasteiger partial charge is 0.226 e. The van der Waals surface area contributed by atoms with Crippen molar-refractivity contribution in [2.75, 3.05) is 18.0 Å². The first kappa shape index (κ1) is 18.6. The molecule has 3 rings (SSSR count). The summed E-state index contributed by atoms with van der Waals surface area (Å²) < 4.78 is 13.6. The van der Waals surface area contributed by atoms with Gasteiger partial charge in [0.25, 0.3) is 0 Å². The fourth-order valence-electron chi connectivity index (χ4n) is 2.72. The summed E-state index contributed by atoms with van der Waals surface area (Å²) in [5.41, 5.74) is 8.36. The molecule has 0 saturated carbocycles. The second kappa shape index (κ2) is 7.03. The molecule has 1 aliphatic heterocycles. The molecule has 0 spiro atoms. The first-order valence-corrected chi connectivity index (χ1v) is 7.99. The summed E-state index contributed by atoms with van der Waals surface area (Å²) in [6.45, 7) is 7.96. The lowest BCUT2D eigenvalue weighted by Gasteiger charge is -2.23. The summed E-state index contributed by atoms with van der Waals surface area (Å²) in [5.74, 6) is 0.424. The Morgan fingerprint density at radius 2 is 1.96 bits per heavy atom. The number of hydrogen-bond donors (Lipinski definition) is 1. The van der Waals surface area contributed by atoms with Crippen LogP contribution < -0.4 is 10.6 Å². The van der Waals surface area contributed by atoms with E-state index in [1.165, 1.54) is 12.1 Å². The third-order valence-electron chi connectivity index (χ3n) is 4.11. The van der Waals surface area contributed by atoms with Crippen LogP contribution in [0.25, 0.3) is 11.3 Å². The van der Waals surface area contributed by atoms with Crippen LogP contribution in [0.2, 0.25) is 0 Å². The quantitative estimate of drug-likeness (QED) is 0.900. The van der Waals surface area contributed by atoms with Gasteiger partial charge in [0.15, 0.2) is 0 Å². The first-order valence-electron chi connectivity index (χ1n) is 7.99. The molecule has 130 valence electrons. The number of benzene rings is 1. The first-order chi connectivity index (χ1) is 10.8. The van der Waals surface area contributed by atoms with Crippen LogP contribution in [0.15, 0.2) is 30.3 Å². The minimum absolute atomic E-state index is 0. The standard InChI is InChI=1S/C18H23FN4.ClH/c1-18(2,3)16-10-15(12-5-4-6-13(19)9-12)21-17(22-16)23-8-7-14(20)11-23;/h4-6,9-10,14H,7-8,11,20H2,1-3H3;1H. The van der Waals surface area contributed by atoms with E-state index in [1.54, 1.807) is 6.07 Å². The van der Waals surface area contributed by atoms with Crippen molar-refractivity contribution in [2.24, 2.45) is 5.73 Å². The number of hydrogen-bond acceptors (Lipinski definition) is 4. The maximum Gasteiger partial charge on any atom is 0.226 e. The molecule has 1 aromatic carbocycles. The molecule has 1 saturated heterocycles. The Morgan fingerprint density at radius 3 is 2.54 bits per heavy atom. The van der Waals surface area contributed by atoms with Gasteiger partial charge in [-0.25, -0.2) is 14.4 Å². The molecule has 6 heteroatoms. The number of aromatic nitrogens is 2. The van der Waals surface area contributed by atoms with Crippen LogP contribution in [0, 0.1) is 5.82 Å². The molecular formula is C18H24ClFN4. The maximum atomic E-state index is 13.6. The van der Waals surface area contributed by atoms with E-state index in [4.69, 9.17) is 10.7 Å². The molecule has 0 amide bonds. The van der Waals surface area contributed by atoms with E-state index in [9.17, 15) is 4.39 Å². The highest BCUT2D eigenvalue weighted by molar-refractivity contribution is 5.85. The third kappa shape index (κ3) is 4.02. The fraction of sp³-hybridized carbons (Fsp3) is 0.444. The number of rotatable bonds is 2. The van der Waals surface area contributed by atoms with Crippen LogP contribution in [-0.4, -0.2) is 29.1 Å². The SMILES string of the molecule is CC(C)(C)c1cc(-c2cccc(F)c2)nc(N2CCC(N)C2)n1.Cl. The molecule has 0 aliphatic carbocycles. The van der Waals surface area contributed by atoms with Gasteiger partial charge in [0.2, 0.25) is 5.95 Å². The van der Waals surface area contributed by atoms with Gasteiger partial charge in [0.1, 0.15) is 5.82 Å². The van der Waals surface area contributed by atoms with Gasteiger partial charge in [-0.2, -0.15) is 0 Å². The summed E-state index contributed by atoms with van der Waals surface area (Å²) >= 11 is 0. The molecule has 1 atom stereocenters. The predicted octanol–water partition coefficient (Wildman–Crippen LogP) is 3.54. The molecule has 0 radical (unpaired) electrons. The lowest BCUT2D eigenvalue weighted by Crippen LogP contribution is -2.28. The van der Waals surface area contributed by atoms with Gasteiger partial charge in [-0.3, -0.25) is 0 Å². The third-order valence-corrected chi connectivity index (χ3v) is 4.11.